The van der Waals surface area contributed by atoms with Crippen LogP contribution in [0.2, 0.25) is 0 Å². The largest absolute Gasteiger partial charge is 0.479 e. The number of nitrogens with zero attached hydrogens (tertiary/aromatic N) is 1. The fraction of sp³-hybridized carbons (Fsp3) is 0.130. The maximum absolute atomic E-state index is 12.5. The summed E-state index contributed by atoms with van der Waals surface area (Å²) in [5.41, 5.74) is 3.24. The van der Waals surface area contributed by atoms with Crippen LogP contribution in [0.5, 0.6) is 5.75 Å². The van der Waals surface area contributed by atoms with E-state index >= 15 is 0 Å². The van der Waals surface area contributed by atoms with E-state index < -0.39 is 5.91 Å². The molecule has 4 nitrogen and oxygen atoms in total. The van der Waals surface area contributed by atoms with Crippen molar-refractivity contribution in [1.82, 2.24) is 0 Å². The standard InChI is InChI=1S/C23H19BrN2O2/c1-4-6-18-12-17(14-21(24)22(18)28-11-5-2)13-19(15-25)23(27)26-20-9-7-16(3)8-10-20/h2,4,7-10,12-14H,1,6,11H2,3H3,(H,26,27)/b19-13-. The molecule has 0 aliphatic carbocycles. The Morgan fingerprint density at radius 2 is 2.07 bits per heavy atom. The quantitative estimate of drug-likeness (QED) is 0.287. The van der Waals surface area contributed by atoms with E-state index in [0.717, 1.165) is 11.1 Å². The fourth-order valence-electron chi connectivity index (χ4n) is 2.49. The minimum atomic E-state index is -0.472. The van der Waals surface area contributed by atoms with Gasteiger partial charge in [0.2, 0.25) is 0 Å². The summed E-state index contributed by atoms with van der Waals surface area (Å²) in [6.07, 6.45) is 9.10. The zero-order valence-corrected chi connectivity index (χ0v) is 17.0. The van der Waals surface area contributed by atoms with Gasteiger partial charge in [-0.1, -0.05) is 29.7 Å². The van der Waals surface area contributed by atoms with Crippen LogP contribution in [0.3, 0.4) is 0 Å². The van der Waals surface area contributed by atoms with Crippen LogP contribution in [-0.4, -0.2) is 12.5 Å². The molecule has 2 rings (SSSR count). The van der Waals surface area contributed by atoms with Gasteiger partial charge in [0.25, 0.3) is 5.91 Å². The molecule has 0 fully saturated rings. The van der Waals surface area contributed by atoms with E-state index in [9.17, 15) is 10.1 Å². The number of carbonyl (C=O) groups excluding carboxylic acids is 1. The molecule has 2 aromatic rings. The van der Waals surface area contributed by atoms with Crippen molar-refractivity contribution < 1.29 is 9.53 Å². The van der Waals surface area contributed by atoms with E-state index in [1.54, 1.807) is 24.3 Å². The highest BCUT2D eigenvalue weighted by molar-refractivity contribution is 9.10. The highest BCUT2D eigenvalue weighted by Gasteiger charge is 2.13. The Kier molecular flexibility index (Phi) is 7.63. The summed E-state index contributed by atoms with van der Waals surface area (Å²) < 4.78 is 6.28. The fourth-order valence-corrected chi connectivity index (χ4v) is 3.12. The van der Waals surface area contributed by atoms with Gasteiger partial charge in [0, 0.05) is 5.69 Å². The first kappa shape index (κ1) is 21.0. The number of ether oxygens (including phenoxy) is 1. The van der Waals surface area contributed by atoms with Gasteiger partial charge in [-0.25, -0.2) is 0 Å². The highest BCUT2D eigenvalue weighted by Crippen LogP contribution is 2.32. The van der Waals surface area contributed by atoms with Crippen LogP contribution in [0.1, 0.15) is 16.7 Å². The second kappa shape index (κ2) is 10.2. The van der Waals surface area contributed by atoms with Crippen LogP contribution >= 0.6 is 15.9 Å². The Labute approximate surface area is 173 Å². The van der Waals surface area contributed by atoms with Crippen molar-refractivity contribution in [1.29, 1.82) is 5.26 Å². The number of halogens is 1. The lowest BCUT2D eigenvalue weighted by Crippen LogP contribution is -2.13. The monoisotopic (exact) mass is 434 g/mol. The smallest absolute Gasteiger partial charge is 0.266 e. The van der Waals surface area contributed by atoms with Gasteiger partial charge in [-0.2, -0.15) is 5.26 Å². The van der Waals surface area contributed by atoms with Crippen molar-refractivity contribution in [3.63, 3.8) is 0 Å². The summed E-state index contributed by atoms with van der Waals surface area (Å²) in [4.78, 5) is 12.5. The van der Waals surface area contributed by atoms with Crippen LogP contribution in [0.15, 0.2) is 59.1 Å². The van der Waals surface area contributed by atoms with Crippen LogP contribution in [-0.2, 0) is 11.2 Å². The predicted octanol–water partition coefficient (Wildman–Crippen LogP) is 5.04. The Morgan fingerprint density at radius 1 is 1.36 bits per heavy atom. The SMILES string of the molecule is C#CCOc1c(Br)cc(/C=C(/C#N)C(=O)Nc2ccc(C)cc2)cc1CC=C. The van der Waals surface area contributed by atoms with Gasteiger partial charge in [0.05, 0.1) is 4.47 Å². The molecule has 1 amide bonds. The van der Waals surface area contributed by atoms with Gasteiger partial charge in [-0.3, -0.25) is 4.79 Å². The van der Waals surface area contributed by atoms with Crippen molar-refractivity contribution in [2.24, 2.45) is 0 Å². The van der Waals surface area contributed by atoms with Gasteiger partial charge < -0.3 is 10.1 Å². The first-order valence-corrected chi connectivity index (χ1v) is 9.27. The summed E-state index contributed by atoms with van der Waals surface area (Å²) in [6.45, 7) is 5.85. The van der Waals surface area contributed by atoms with Crippen LogP contribution in [0.25, 0.3) is 6.08 Å². The lowest BCUT2D eigenvalue weighted by atomic mass is 10.0. The number of rotatable bonds is 7. The molecule has 0 saturated heterocycles. The van der Waals surface area contributed by atoms with Crippen molar-refractivity contribution in [2.45, 2.75) is 13.3 Å². The summed E-state index contributed by atoms with van der Waals surface area (Å²) in [7, 11) is 0. The minimum Gasteiger partial charge on any atom is -0.479 e. The number of nitrogens with one attached hydrogen (secondary N) is 1. The number of terminal acetylenes is 1. The zero-order chi connectivity index (χ0) is 20.5. The highest BCUT2D eigenvalue weighted by atomic mass is 79.9. The van der Waals surface area contributed by atoms with Gasteiger partial charge in [-0.05, 0) is 70.7 Å². The van der Waals surface area contributed by atoms with Crippen LogP contribution in [0.4, 0.5) is 5.69 Å². The Balaban J connectivity index is 2.33. The van der Waals surface area contributed by atoms with Gasteiger partial charge in [0.15, 0.2) is 0 Å². The van der Waals surface area contributed by atoms with E-state index in [1.807, 2.05) is 31.2 Å². The molecule has 140 valence electrons. The number of aryl methyl sites for hydroxylation is 1. The third-order valence-corrected chi connectivity index (χ3v) is 4.38. The topological polar surface area (TPSA) is 62.1 Å². The summed E-state index contributed by atoms with van der Waals surface area (Å²) in [6, 6.07) is 12.9. The third-order valence-electron chi connectivity index (χ3n) is 3.79. The number of nitriles is 1. The number of carbonyl (C=O) groups is 1. The van der Waals surface area contributed by atoms with Gasteiger partial charge in [0.1, 0.15) is 24.0 Å². The maximum Gasteiger partial charge on any atom is 0.266 e. The van der Waals surface area contributed by atoms with E-state index in [4.69, 9.17) is 11.2 Å². The molecule has 0 aromatic heterocycles. The lowest BCUT2D eigenvalue weighted by Gasteiger charge is -2.12. The Bertz CT molecular complexity index is 993. The molecule has 0 bridgehead atoms. The predicted molar refractivity (Wildman–Crippen MR) is 116 cm³/mol. The van der Waals surface area contributed by atoms with Crippen molar-refractivity contribution >= 4 is 33.6 Å². The van der Waals surface area contributed by atoms with Crippen LogP contribution in [0, 0.1) is 30.6 Å². The molecule has 0 unspecified atom stereocenters. The molecule has 28 heavy (non-hydrogen) atoms. The third kappa shape index (κ3) is 5.61. The molecule has 0 aliphatic heterocycles. The number of anilines is 1. The first-order valence-electron chi connectivity index (χ1n) is 8.48. The summed E-state index contributed by atoms with van der Waals surface area (Å²) in [5.74, 6) is 2.58. The average molecular weight is 435 g/mol. The number of hydrogen-bond acceptors (Lipinski definition) is 3. The minimum absolute atomic E-state index is 0.00526. The number of benzene rings is 2. The summed E-state index contributed by atoms with van der Waals surface area (Å²) in [5, 5.41) is 12.2. The molecule has 0 aliphatic rings. The molecule has 0 saturated carbocycles. The van der Waals surface area contributed by atoms with Gasteiger partial charge in [-0.15, -0.1) is 13.0 Å². The molecule has 0 radical (unpaired) electrons. The lowest BCUT2D eigenvalue weighted by molar-refractivity contribution is -0.112. The molecule has 0 heterocycles. The van der Waals surface area contributed by atoms with E-state index in [-0.39, 0.29) is 12.2 Å². The second-order valence-corrected chi connectivity index (χ2v) is 6.82. The molecule has 2 aromatic carbocycles. The van der Waals surface area contributed by atoms with E-state index in [2.05, 4.69) is 33.7 Å². The van der Waals surface area contributed by atoms with Crippen molar-refractivity contribution in [3.8, 4) is 24.2 Å². The molecule has 1 N–H and O–H groups in total. The first-order chi connectivity index (χ1) is 13.5. The molecular formula is C23H19BrN2O2. The Hall–Kier alpha value is -3.28. The number of amides is 1. The average Bonchev–Trinajstić information content (AvgIpc) is 2.67. The summed E-state index contributed by atoms with van der Waals surface area (Å²) >= 11 is 3.47. The van der Waals surface area contributed by atoms with Gasteiger partial charge >= 0.3 is 0 Å². The van der Waals surface area contributed by atoms with E-state index in [0.29, 0.717) is 27.9 Å². The molecule has 5 heteroatoms. The Morgan fingerprint density at radius 3 is 2.68 bits per heavy atom. The van der Waals surface area contributed by atoms with E-state index in [1.165, 1.54) is 6.08 Å². The van der Waals surface area contributed by atoms with Crippen molar-refractivity contribution in [3.05, 3.63) is 75.8 Å². The molecular weight excluding hydrogens is 416 g/mol. The number of allylic oxidation sites excluding steroid dienone is 1. The normalized spacial score (nSPS) is 10.5. The maximum atomic E-state index is 12.5. The molecule has 0 atom stereocenters. The van der Waals surface area contributed by atoms with Crippen LogP contribution < -0.4 is 10.1 Å². The zero-order valence-electron chi connectivity index (χ0n) is 15.5. The second-order valence-electron chi connectivity index (χ2n) is 5.97. The number of hydrogen-bond donors (Lipinski definition) is 1. The van der Waals surface area contributed by atoms with Crippen molar-refractivity contribution in [2.75, 3.05) is 11.9 Å². The molecule has 0 spiro atoms.